The number of unbranched alkanes of at least 4 members (excludes halogenated alkanes) is 3. The van der Waals surface area contributed by atoms with Crippen LogP contribution in [0, 0.1) is 5.41 Å². The van der Waals surface area contributed by atoms with E-state index in [-0.39, 0.29) is 0 Å². The molecule has 1 unspecified atom stereocenters. The molecule has 0 aromatic carbocycles. The highest BCUT2D eigenvalue weighted by Crippen LogP contribution is 2.25. The molecule has 90 valence electrons. The molecule has 0 bridgehead atoms. The molecule has 0 aromatic heterocycles. The molecule has 1 nitrogen and oxygen atoms in total. The highest BCUT2D eigenvalue weighted by atomic mass is 14.9. The lowest BCUT2D eigenvalue weighted by Crippen LogP contribution is -2.30. The van der Waals surface area contributed by atoms with E-state index in [1.54, 1.807) is 0 Å². The Bertz CT molecular complexity index is 153. The molecule has 0 aliphatic rings. The summed E-state index contributed by atoms with van der Waals surface area (Å²) in [7, 11) is 0. The van der Waals surface area contributed by atoms with Gasteiger partial charge in [0.05, 0.1) is 0 Å². The maximum Gasteiger partial charge on any atom is 0.00397 e. The van der Waals surface area contributed by atoms with Crippen LogP contribution in [0.4, 0.5) is 0 Å². The molecule has 0 saturated heterocycles. The Hall–Kier alpha value is -0.300. The molecule has 0 rings (SSSR count). The van der Waals surface area contributed by atoms with E-state index in [1.165, 1.54) is 38.5 Å². The smallest absolute Gasteiger partial charge is 0.00397 e. The number of hydrogen-bond donors (Lipinski definition) is 1. The molecule has 0 fully saturated rings. The molecule has 0 aliphatic heterocycles. The van der Waals surface area contributed by atoms with Gasteiger partial charge in [0.15, 0.2) is 0 Å². The van der Waals surface area contributed by atoms with Crippen molar-refractivity contribution in [1.82, 2.24) is 5.32 Å². The molecule has 0 aromatic rings. The van der Waals surface area contributed by atoms with Crippen LogP contribution in [0.5, 0.6) is 0 Å². The number of rotatable bonds is 10. The first-order valence-corrected chi connectivity index (χ1v) is 6.53. The lowest BCUT2D eigenvalue weighted by Gasteiger charge is -2.26. The first-order valence-electron chi connectivity index (χ1n) is 6.53. The minimum Gasteiger partial charge on any atom is -0.316 e. The van der Waals surface area contributed by atoms with E-state index in [2.05, 4.69) is 38.7 Å². The van der Waals surface area contributed by atoms with Gasteiger partial charge in [-0.1, -0.05) is 52.5 Å². The van der Waals surface area contributed by atoms with Crippen molar-refractivity contribution < 1.29 is 0 Å². The summed E-state index contributed by atoms with van der Waals surface area (Å²) in [6.45, 7) is 13.0. The Labute approximate surface area is 96.3 Å². The van der Waals surface area contributed by atoms with Crippen molar-refractivity contribution in [2.75, 3.05) is 13.1 Å². The third-order valence-electron chi connectivity index (χ3n) is 3.05. The topological polar surface area (TPSA) is 12.0 Å². The average molecular weight is 211 g/mol. The van der Waals surface area contributed by atoms with Crippen LogP contribution >= 0.6 is 0 Å². The first-order chi connectivity index (χ1) is 7.18. The Morgan fingerprint density at radius 2 is 1.87 bits per heavy atom. The van der Waals surface area contributed by atoms with Gasteiger partial charge in [-0.15, -0.1) is 6.58 Å². The van der Waals surface area contributed by atoms with E-state index in [0.29, 0.717) is 5.41 Å². The van der Waals surface area contributed by atoms with Crippen LogP contribution in [0.15, 0.2) is 12.7 Å². The number of nitrogens with one attached hydrogen (secondary N) is 1. The van der Waals surface area contributed by atoms with Gasteiger partial charge in [-0.25, -0.2) is 0 Å². The molecule has 15 heavy (non-hydrogen) atoms. The highest BCUT2D eigenvalue weighted by molar-refractivity contribution is 4.92. The zero-order valence-corrected chi connectivity index (χ0v) is 10.9. The summed E-state index contributed by atoms with van der Waals surface area (Å²) in [5.74, 6) is 0. The summed E-state index contributed by atoms with van der Waals surface area (Å²) >= 11 is 0. The second kappa shape index (κ2) is 8.96. The van der Waals surface area contributed by atoms with Crippen molar-refractivity contribution in [1.29, 1.82) is 0 Å². The summed E-state index contributed by atoms with van der Waals surface area (Å²) in [6.07, 6.45) is 10.0. The normalized spacial score (nSPS) is 14.9. The van der Waals surface area contributed by atoms with Crippen LogP contribution < -0.4 is 5.32 Å². The Balaban J connectivity index is 3.70. The van der Waals surface area contributed by atoms with Crippen molar-refractivity contribution in [2.45, 2.75) is 59.3 Å². The van der Waals surface area contributed by atoms with Crippen molar-refractivity contribution >= 4 is 0 Å². The van der Waals surface area contributed by atoms with E-state index in [0.717, 1.165) is 13.1 Å². The summed E-state index contributed by atoms with van der Waals surface area (Å²) in [6, 6.07) is 0. The molecule has 0 amide bonds. The molecule has 1 atom stereocenters. The van der Waals surface area contributed by atoms with E-state index in [1.807, 2.05) is 0 Å². The number of hydrogen-bond acceptors (Lipinski definition) is 1. The summed E-state index contributed by atoms with van der Waals surface area (Å²) in [5.41, 5.74) is 0.295. The van der Waals surface area contributed by atoms with E-state index in [9.17, 15) is 0 Å². The Morgan fingerprint density at radius 3 is 2.40 bits per heavy atom. The lowest BCUT2D eigenvalue weighted by atomic mass is 9.84. The fourth-order valence-electron chi connectivity index (χ4n) is 1.77. The van der Waals surface area contributed by atoms with Gasteiger partial charge in [-0.05, 0) is 24.8 Å². The standard InChI is InChI=1S/C14H29N/c1-5-8-9-10-11-14(4,7-3)13-15-12-6-2/h7,15H,3,5-6,8-13H2,1-2,4H3. The molecule has 0 radical (unpaired) electrons. The van der Waals surface area contributed by atoms with E-state index >= 15 is 0 Å². The van der Waals surface area contributed by atoms with Crippen molar-refractivity contribution in [3.05, 3.63) is 12.7 Å². The van der Waals surface area contributed by atoms with E-state index in [4.69, 9.17) is 0 Å². The summed E-state index contributed by atoms with van der Waals surface area (Å²) in [5, 5.41) is 3.50. The molecule has 0 heterocycles. The SMILES string of the molecule is C=CC(C)(CCCCCC)CNCCC. The highest BCUT2D eigenvalue weighted by Gasteiger charge is 2.18. The maximum atomic E-state index is 3.97. The van der Waals surface area contributed by atoms with Gasteiger partial charge in [0.1, 0.15) is 0 Å². The predicted octanol–water partition coefficient (Wildman–Crippen LogP) is 4.15. The molecule has 1 heteroatoms. The maximum absolute atomic E-state index is 3.97. The van der Waals surface area contributed by atoms with Gasteiger partial charge < -0.3 is 5.32 Å². The van der Waals surface area contributed by atoms with Crippen LogP contribution in [0.1, 0.15) is 59.3 Å². The third-order valence-corrected chi connectivity index (χ3v) is 3.05. The molecule has 1 N–H and O–H groups in total. The molecule has 0 aliphatic carbocycles. The molecule has 0 spiro atoms. The summed E-state index contributed by atoms with van der Waals surface area (Å²) < 4.78 is 0. The fourth-order valence-corrected chi connectivity index (χ4v) is 1.77. The van der Waals surface area contributed by atoms with Crippen LogP contribution in [0.2, 0.25) is 0 Å². The van der Waals surface area contributed by atoms with Crippen molar-refractivity contribution in [3.8, 4) is 0 Å². The molecular weight excluding hydrogens is 182 g/mol. The van der Waals surface area contributed by atoms with Gasteiger partial charge in [0, 0.05) is 6.54 Å². The summed E-state index contributed by atoms with van der Waals surface area (Å²) in [4.78, 5) is 0. The van der Waals surface area contributed by atoms with Crippen LogP contribution in [-0.2, 0) is 0 Å². The Kier molecular flexibility index (Phi) is 8.79. The minimum absolute atomic E-state index is 0.295. The zero-order chi connectivity index (χ0) is 11.6. The minimum atomic E-state index is 0.295. The molecular formula is C14H29N. The van der Waals surface area contributed by atoms with Gasteiger partial charge in [0.2, 0.25) is 0 Å². The predicted molar refractivity (Wildman–Crippen MR) is 70.2 cm³/mol. The first kappa shape index (κ1) is 14.7. The second-order valence-corrected chi connectivity index (χ2v) is 4.85. The van der Waals surface area contributed by atoms with Crippen LogP contribution in [-0.4, -0.2) is 13.1 Å². The largest absolute Gasteiger partial charge is 0.316 e. The van der Waals surface area contributed by atoms with Crippen LogP contribution in [0.3, 0.4) is 0 Å². The van der Waals surface area contributed by atoms with Gasteiger partial charge in [-0.3, -0.25) is 0 Å². The van der Waals surface area contributed by atoms with Gasteiger partial charge in [0.25, 0.3) is 0 Å². The lowest BCUT2D eigenvalue weighted by molar-refractivity contribution is 0.349. The monoisotopic (exact) mass is 211 g/mol. The Morgan fingerprint density at radius 1 is 1.13 bits per heavy atom. The second-order valence-electron chi connectivity index (χ2n) is 4.85. The quantitative estimate of drug-likeness (QED) is 0.423. The van der Waals surface area contributed by atoms with Gasteiger partial charge >= 0.3 is 0 Å². The van der Waals surface area contributed by atoms with Crippen molar-refractivity contribution in [2.24, 2.45) is 5.41 Å². The third kappa shape index (κ3) is 7.61. The van der Waals surface area contributed by atoms with Gasteiger partial charge in [-0.2, -0.15) is 0 Å². The van der Waals surface area contributed by atoms with Crippen LogP contribution in [0.25, 0.3) is 0 Å². The zero-order valence-electron chi connectivity index (χ0n) is 10.9. The van der Waals surface area contributed by atoms with Crippen molar-refractivity contribution in [3.63, 3.8) is 0 Å². The van der Waals surface area contributed by atoms with E-state index < -0.39 is 0 Å². The average Bonchev–Trinajstić information content (AvgIpc) is 2.25. The molecule has 0 saturated carbocycles. The fraction of sp³-hybridized carbons (Fsp3) is 0.857.